The molecule has 1 aromatic heterocycles. The fourth-order valence-electron chi connectivity index (χ4n) is 3.59. The number of benzene rings is 3. The molecule has 8 nitrogen and oxygen atoms in total. The van der Waals surface area contributed by atoms with E-state index < -0.39 is 4.92 Å². The van der Waals surface area contributed by atoms with E-state index in [1.807, 2.05) is 37.4 Å². The van der Waals surface area contributed by atoms with Crippen LogP contribution < -0.4 is 10.1 Å². The van der Waals surface area contributed by atoms with Crippen LogP contribution in [0.3, 0.4) is 0 Å². The second-order valence-corrected chi connectivity index (χ2v) is 8.04. The van der Waals surface area contributed by atoms with Crippen LogP contribution in [0.1, 0.15) is 32.6 Å². The van der Waals surface area contributed by atoms with Crippen molar-refractivity contribution >= 4 is 17.4 Å². The maximum absolute atomic E-state index is 12.7. The van der Waals surface area contributed by atoms with Gasteiger partial charge < -0.3 is 10.1 Å². The SMILES string of the molecule is Cc1cccc(Cn2ccc(NC(=O)c3cccc(COc4ccc([N+](=O)[O-])c(C)c4)c3)n2)c1. The number of carbonyl (C=O) groups is 1. The average molecular weight is 457 g/mol. The molecule has 8 heteroatoms. The largest absolute Gasteiger partial charge is 0.489 e. The third-order valence-electron chi connectivity index (χ3n) is 5.27. The fourth-order valence-corrected chi connectivity index (χ4v) is 3.59. The molecule has 4 rings (SSSR count). The van der Waals surface area contributed by atoms with Gasteiger partial charge in [-0.15, -0.1) is 0 Å². The van der Waals surface area contributed by atoms with E-state index in [1.54, 1.807) is 48.0 Å². The van der Waals surface area contributed by atoms with Crippen molar-refractivity contribution in [2.45, 2.75) is 27.0 Å². The predicted molar refractivity (Wildman–Crippen MR) is 129 cm³/mol. The van der Waals surface area contributed by atoms with Crippen molar-refractivity contribution in [3.8, 4) is 5.75 Å². The normalized spacial score (nSPS) is 10.6. The van der Waals surface area contributed by atoms with Gasteiger partial charge in [-0.3, -0.25) is 19.6 Å². The smallest absolute Gasteiger partial charge is 0.272 e. The average Bonchev–Trinajstić information content (AvgIpc) is 3.24. The first-order valence-electron chi connectivity index (χ1n) is 10.7. The Bertz CT molecular complexity index is 1350. The maximum Gasteiger partial charge on any atom is 0.272 e. The third-order valence-corrected chi connectivity index (χ3v) is 5.27. The van der Waals surface area contributed by atoms with Crippen molar-refractivity contribution in [2.75, 3.05) is 5.32 Å². The molecule has 0 unspecified atom stereocenters. The van der Waals surface area contributed by atoms with Gasteiger partial charge in [-0.2, -0.15) is 5.10 Å². The molecule has 34 heavy (non-hydrogen) atoms. The third kappa shape index (κ3) is 5.66. The van der Waals surface area contributed by atoms with Crippen LogP contribution in [0.15, 0.2) is 79.0 Å². The van der Waals surface area contributed by atoms with Gasteiger partial charge in [0.2, 0.25) is 0 Å². The Hall–Kier alpha value is -4.46. The minimum atomic E-state index is -0.424. The molecule has 0 aliphatic carbocycles. The minimum absolute atomic E-state index is 0.0485. The van der Waals surface area contributed by atoms with E-state index in [1.165, 1.54) is 11.6 Å². The van der Waals surface area contributed by atoms with E-state index in [-0.39, 0.29) is 18.2 Å². The van der Waals surface area contributed by atoms with Gasteiger partial charge in [0.05, 0.1) is 11.5 Å². The van der Waals surface area contributed by atoms with Gasteiger partial charge in [0.25, 0.3) is 11.6 Å². The van der Waals surface area contributed by atoms with Gasteiger partial charge in [-0.25, -0.2) is 0 Å². The molecule has 1 N–H and O–H groups in total. The molecule has 0 bridgehead atoms. The van der Waals surface area contributed by atoms with E-state index >= 15 is 0 Å². The molecule has 0 aliphatic rings. The van der Waals surface area contributed by atoms with Crippen molar-refractivity contribution in [1.82, 2.24) is 9.78 Å². The molecule has 0 radical (unpaired) electrons. The number of nitrogens with zero attached hydrogens (tertiary/aromatic N) is 3. The molecule has 0 fully saturated rings. The highest BCUT2D eigenvalue weighted by Gasteiger charge is 2.12. The molecule has 0 saturated heterocycles. The molecule has 1 heterocycles. The summed E-state index contributed by atoms with van der Waals surface area (Å²) in [4.78, 5) is 23.3. The number of amides is 1. The van der Waals surface area contributed by atoms with Gasteiger partial charge in [0, 0.05) is 29.5 Å². The maximum atomic E-state index is 12.7. The Balaban J connectivity index is 1.37. The topological polar surface area (TPSA) is 99.3 Å². The number of aromatic nitrogens is 2. The van der Waals surface area contributed by atoms with Crippen LogP contribution in [0, 0.1) is 24.0 Å². The fraction of sp³-hybridized carbons (Fsp3) is 0.154. The first kappa shape index (κ1) is 22.7. The summed E-state index contributed by atoms with van der Waals surface area (Å²) in [5, 5.41) is 18.2. The van der Waals surface area contributed by atoms with E-state index in [2.05, 4.69) is 16.5 Å². The minimum Gasteiger partial charge on any atom is -0.489 e. The second-order valence-electron chi connectivity index (χ2n) is 8.04. The highest BCUT2D eigenvalue weighted by molar-refractivity contribution is 6.03. The van der Waals surface area contributed by atoms with Gasteiger partial charge in [-0.05, 0) is 49.2 Å². The Morgan fingerprint density at radius 2 is 1.82 bits per heavy atom. The summed E-state index contributed by atoms with van der Waals surface area (Å²) in [6, 6.07) is 21.7. The number of carbonyl (C=O) groups excluding carboxylic acids is 1. The summed E-state index contributed by atoms with van der Waals surface area (Å²) in [5.41, 5.74) is 4.18. The Morgan fingerprint density at radius 3 is 2.59 bits per heavy atom. The Labute approximate surface area is 197 Å². The first-order chi connectivity index (χ1) is 16.4. The van der Waals surface area contributed by atoms with Crippen LogP contribution in [0.2, 0.25) is 0 Å². The van der Waals surface area contributed by atoms with Gasteiger partial charge >= 0.3 is 0 Å². The summed E-state index contributed by atoms with van der Waals surface area (Å²) in [6.07, 6.45) is 1.83. The van der Waals surface area contributed by atoms with Crippen molar-refractivity contribution in [3.05, 3.63) is 117 Å². The number of anilines is 1. The number of nitrogens with one attached hydrogen (secondary N) is 1. The summed E-state index contributed by atoms with van der Waals surface area (Å²) in [6.45, 7) is 4.55. The Morgan fingerprint density at radius 1 is 1.03 bits per heavy atom. The Kier molecular flexibility index (Phi) is 6.68. The second kappa shape index (κ2) is 9.99. The molecule has 0 saturated carbocycles. The molecule has 0 spiro atoms. The first-order valence-corrected chi connectivity index (χ1v) is 10.7. The lowest BCUT2D eigenvalue weighted by Crippen LogP contribution is -2.13. The summed E-state index contributed by atoms with van der Waals surface area (Å²) in [5.74, 6) is 0.728. The lowest BCUT2D eigenvalue weighted by atomic mass is 10.1. The van der Waals surface area contributed by atoms with Gasteiger partial charge in [0.15, 0.2) is 5.82 Å². The number of nitro benzene ring substituents is 1. The van der Waals surface area contributed by atoms with Crippen molar-refractivity contribution in [2.24, 2.45) is 0 Å². The number of ether oxygens (including phenoxy) is 1. The van der Waals surface area contributed by atoms with Gasteiger partial charge in [-0.1, -0.05) is 42.0 Å². The summed E-state index contributed by atoms with van der Waals surface area (Å²) >= 11 is 0. The zero-order valence-electron chi connectivity index (χ0n) is 18.9. The molecular weight excluding hydrogens is 432 g/mol. The highest BCUT2D eigenvalue weighted by atomic mass is 16.6. The monoisotopic (exact) mass is 456 g/mol. The van der Waals surface area contributed by atoms with E-state index in [0.717, 1.165) is 11.1 Å². The van der Waals surface area contributed by atoms with Crippen LogP contribution in [0.4, 0.5) is 11.5 Å². The molecule has 0 atom stereocenters. The van der Waals surface area contributed by atoms with Crippen molar-refractivity contribution in [3.63, 3.8) is 0 Å². The van der Waals surface area contributed by atoms with Crippen LogP contribution in [0.5, 0.6) is 5.75 Å². The molecule has 3 aromatic carbocycles. The standard InChI is InChI=1S/C26H24N4O4/c1-18-5-3-6-20(13-18)16-29-12-11-25(28-29)27-26(31)22-8-4-7-21(15-22)17-34-23-9-10-24(30(32)33)19(2)14-23/h3-15H,16-17H2,1-2H3,(H,27,28,31). The van der Waals surface area contributed by atoms with Gasteiger partial charge in [0.1, 0.15) is 12.4 Å². The van der Waals surface area contributed by atoms with Crippen molar-refractivity contribution < 1.29 is 14.5 Å². The quantitative estimate of drug-likeness (QED) is 0.287. The number of aryl methyl sites for hydroxylation is 2. The van der Waals surface area contributed by atoms with Crippen LogP contribution in [-0.4, -0.2) is 20.6 Å². The summed E-state index contributed by atoms with van der Waals surface area (Å²) in [7, 11) is 0. The molecular formula is C26H24N4O4. The molecule has 172 valence electrons. The lowest BCUT2D eigenvalue weighted by Gasteiger charge is -2.09. The van der Waals surface area contributed by atoms with E-state index in [4.69, 9.17) is 4.74 Å². The zero-order chi connectivity index (χ0) is 24.1. The molecule has 1 amide bonds. The molecule has 4 aromatic rings. The van der Waals surface area contributed by atoms with E-state index in [9.17, 15) is 14.9 Å². The zero-order valence-corrected chi connectivity index (χ0v) is 18.9. The predicted octanol–water partition coefficient (Wildman–Crippen LogP) is 5.29. The number of rotatable bonds is 8. The van der Waals surface area contributed by atoms with Crippen LogP contribution >= 0.6 is 0 Å². The van der Waals surface area contributed by atoms with E-state index in [0.29, 0.717) is 29.2 Å². The summed E-state index contributed by atoms with van der Waals surface area (Å²) < 4.78 is 7.54. The number of hydrogen-bond donors (Lipinski definition) is 1. The van der Waals surface area contributed by atoms with Crippen LogP contribution in [-0.2, 0) is 13.2 Å². The van der Waals surface area contributed by atoms with Crippen LogP contribution in [0.25, 0.3) is 0 Å². The van der Waals surface area contributed by atoms with Crippen molar-refractivity contribution in [1.29, 1.82) is 0 Å². The lowest BCUT2D eigenvalue weighted by molar-refractivity contribution is -0.385. The number of nitro groups is 1. The molecule has 0 aliphatic heterocycles. The highest BCUT2D eigenvalue weighted by Crippen LogP contribution is 2.24. The number of hydrogen-bond acceptors (Lipinski definition) is 5.